The van der Waals surface area contributed by atoms with Crippen LogP contribution in [0, 0.1) is 6.08 Å². The Morgan fingerprint density at radius 1 is 1.25 bits per heavy atom. The van der Waals surface area contributed by atoms with Gasteiger partial charge in [-0.2, -0.15) is 11.6 Å². The molecule has 1 heteroatoms. The van der Waals surface area contributed by atoms with Crippen LogP contribution in [0.25, 0.3) is 0 Å². The van der Waals surface area contributed by atoms with Crippen LogP contribution in [0.15, 0.2) is 41.5 Å². The zero-order chi connectivity index (χ0) is 7.52. The van der Waals surface area contributed by atoms with Crippen molar-refractivity contribution in [1.29, 1.82) is 0 Å². The normalized spacial score (nSPS) is 20.0. The second-order valence-electron chi connectivity index (χ2n) is 2.86. The minimum atomic E-state index is 0. The number of hydrogen-bond acceptors (Lipinski definition) is 0. The Hall–Kier alpha value is -0.534. The maximum absolute atomic E-state index is 3.38. The van der Waals surface area contributed by atoms with E-state index in [2.05, 4.69) is 36.5 Å². The van der Waals surface area contributed by atoms with Gasteiger partial charge in [-0.3, -0.25) is 0 Å². The Morgan fingerprint density at radius 3 is 2.75 bits per heavy atom. The van der Waals surface area contributed by atoms with E-state index in [-0.39, 0.29) is 16.8 Å². The molecule has 0 aliphatic heterocycles. The Labute approximate surface area is 83.9 Å². The zero-order valence-corrected chi connectivity index (χ0v) is 7.88. The smallest absolute Gasteiger partial charge is 0 e. The van der Waals surface area contributed by atoms with Crippen molar-refractivity contribution in [1.82, 2.24) is 0 Å². The fraction of sp³-hybridized carbons (Fsp3) is 0.273. The molecule has 1 radical (unpaired) electrons. The molecule has 0 fully saturated rings. The summed E-state index contributed by atoms with van der Waals surface area (Å²) in [4.78, 5) is 0. The predicted octanol–water partition coefficient (Wildman–Crippen LogP) is 2.95. The van der Waals surface area contributed by atoms with E-state index >= 15 is 0 Å². The van der Waals surface area contributed by atoms with E-state index in [0.29, 0.717) is 0 Å². The third kappa shape index (κ3) is 1.99. The van der Waals surface area contributed by atoms with E-state index in [1.165, 1.54) is 11.1 Å². The molecule has 0 aromatic rings. The average molecular weight is 202 g/mol. The summed E-state index contributed by atoms with van der Waals surface area (Å²) in [5.41, 5.74) is 2.72. The Bertz CT molecular complexity index is 267. The molecular weight excluding hydrogens is 191 g/mol. The van der Waals surface area contributed by atoms with Crippen LogP contribution in [0.1, 0.15) is 19.3 Å². The molecule has 0 aromatic heterocycles. The molecule has 0 amide bonds. The van der Waals surface area contributed by atoms with Crippen LogP contribution < -0.4 is 0 Å². The minimum absolute atomic E-state index is 0. The van der Waals surface area contributed by atoms with Gasteiger partial charge in [-0.25, -0.2) is 6.08 Å². The molecule has 0 saturated heterocycles. The topological polar surface area (TPSA) is 0 Å². The van der Waals surface area contributed by atoms with Gasteiger partial charge >= 0.3 is 0 Å². The second kappa shape index (κ2) is 4.48. The van der Waals surface area contributed by atoms with Crippen LogP contribution in [-0.4, -0.2) is 0 Å². The standard InChI is InChI=1S/C11H11.Co/c1-2-6-10(7-3-1)11-8-4-5-9-11;/h2,4-6,8H,1,3,9H2;/q-1;. The van der Waals surface area contributed by atoms with Crippen molar-refractivity contribution in [3.05, 3.63) is 47.6 Å². The molecule has 0 spiro atoms. The molecular formula is C11H11Co-. The van der Waals surface area contributed by atoms with Gasteiger partial charge < -0.3 is 0 Å². The third-order valence-corrected chi connectivity index (χ3v) is 2.03. The van der Waals surface area contributed by atoms with E-state index in [1.807, 2.05) is 0 Å². The van der Waals surface area contributed by atoms with Gasteiger partial charge in [0.25, 0.3) is 0 Å². The molecule has 0 saturated carbocycles. The average Bonchev–Trinajstić information content (AvgIpc) is 2.58. The summed E-state index contributed by atoms with van der Waals surface area (Å²) >= 11 is 0. The van der Waals surface area contributed by atoms with Crippen molar-refractivity contribution in [3.8, 4) is 0 Å². The fourth-order valence-electron chi connectivity index (χ4n) is 1.42. The number of hydrogen-bond donors (Lipinski definition) is 0. The number of rotatable bonds is 1. The van der Waals surface area contributed by atoms with Crippen LogP contribution in [0.2, 0.25) is 0 Å². The van der Waals surface area contributed by atoms with Crippen molar-refractivity contribution >= 4 is 0 Å². The molecule has 0 aromatic carbocycles. The number of allylic oxidation sites excluding steroid dienone is 8. The van der Waals surface area contributed by atoms with E-state index in [1.54, 1.807) is 0 Å². The predicted molar refractivity (Wildman–Crippen MR) is 47.0 cm³/mol. The van der Waals surface area contributed by atoms with Crippen molar-refractivity contribution < 1.29 is 16.8 Å². The minimum Gasteiger partial charge on any atom is -0.200 e. The monoisotopic (exact) mass is 202 g/mol. The van der Waals surface area contributed by atoms with Crippen molar-refractivity contribution in [3.63, 3.8) is 0 Å². The first-order chi connectivity index (χ1) is 5.47. The van der Waals surface area contributed by atoms with Crippen LogP contribution in [-0.2, 0) is 16.8 Å². The summed E-state index contributed by atoms with van der Waals surface area (Å²) in [5, 5.41) is 0. The molecule has 0 unspecified atom stereocenters. The molecule has 2 aliphatic rings. The molecule has 2 aliphatic carbocycles. The van der Waals surface area contributed by atoms with E-state index in [9.17, 15) is 0 Å². The zero-order valence-electron chi connectivity index (χ0n) is 6.84. The van der Waals surface area contributed by atoms with Gasteiger partial charge in [0, 0.05) is 16.8 Å². The van der Waals surface area contributed by atoms with E-state index < -0.39 is 0 Å². The molecule has 0 heterocycles. The van der Waals surface area contributed by atoms with Gasteiger partial charge in [0.05, 0.1) is 0 Å². The first-order valence-corrected chi connectivity index (χ1v) is 4.10. The first-order valence-electron chi connectivity index (χ1n) is 4.10. The molecule has 0 nitrogen and oxygen atoms in total. The van der Waals surface area contributed by atoms with Gasteiger partial charge in [0.2, 0.25) is 0 Å². The Balaban J connectivity index is 0.000000720. The summed E-state index contributed by atoms with van der Waals surface area (Å²) in [6.07, 6.45) is 17.6. The maximum atomic E-state index is 3.38. The summed E-state index contributed by atoms with van der Waals surface area (Å²) in [7, 11) is 0. The van der Waals surface area contributed by atoms with Crippen molar-refractivity contribution in [2.24, 2.45) is 0 Å². The van der Waals surface area contributed by atoms with Crippen LogP contribution in [0.4, 0.5) is 0 Å². The van der Waals surface area contributed by atoms with E-state index in [0.717, 1.165) is 19.3 Å². The van der Waals surface area contributed by atoms with Crippen molar-refractivity contribution in [2.75, 3.05) is 0 Å². The van der Waals surface area contributed by atoms with Gasteiger partial charge in [-0.1, -0.05) is 31.4 Å². The fourth-order valence-corrected chi connectivity index (χ4v) is 1.42. The summed E-state index contributed by atoms with van der Waals surface area (Å²) in [6, 6.07) is 0. The summed E-state index contributed by atoms with van der Waals surface area (Å²) < 4.78 is 0. The van der Waals surface area contributed by atoms with Gasteiger partial charge in [-0.15, -0.1) is 17.7 Å². The molecule has 0 atom stereocenters. The first kappa shape index (κ1) is 9.55. The Morgan fingerprint density at radius 2 is 2.17 bits per heavy atom. The van der Waals surface area contributed by atoms with Crippen LogP contribution in [0.5, 0.6) is 0 Å². The molecule has 2 rings (SSSR count). The maximum Gasteiger partial charge on any atom is 0 e. The molecule has 12 heavy (non-hydrogen) atoms. The van der Waals surface area contributed by atoms with Gasteiger partial charge in [-0.05, 0) is 0 Å². The SMILES string of the molecule is [C-]1=C(C2=CC=CC2)C=CCC1.[Co]. The van der Waals surface area contributed by atoms with Gasteiger partial charge in [0.15, 0.2) is 0 Å². The largest absolute Gasteiger partial charge is 0.200 e. The quantitative estimate of drug-likeness (QED) is 0.573. The molecule has 0 N–H and O–H groups in total. The van der Waals surface area contributed by atoms with Crippen LogP contribution in [0.3, 0.4) is 0 Å². The Kier molecular flexibility index (Phi) is 3.57. The molecule has 0 bridgehead atoms. The second-order valence-corrected chi connectivity index (χ2v) is 2.86. The summed E-state index contributed by atoms with van der Waals surface area (Å²) in [5.74, 6) is 0. The van der Waals surface area contributed by atoms with E-state index in [4.69, 9.17) is 0 Å². The van der Waals surface area contributed by atoms with Gasteiger partial charge in [0.1, 0.15) is 0 Å². The van der Waals surface area contributed by atoms with Crippen LogP contribution >= 0.6 is 0 Å². The third-order valence-electron chi connectivity index (χ3n) is 2.03. The van der Waals surface area contributed by atoms with Crippen molar-refractivity contribution in [2.45, 2.75) is 19.3 Å². The molecule has 65 valence electrons. The summed E-state index contributed by atoms with van der Waals surface area (Å²) in [6.45, 7) is 0.